The van der Waals surface area contributed by atoms with E-state index in [0.717, 1.165) is 12.5 Å². The van der Waals surface area contributed by atoms with Crippen molar-refractivity contribution in [3.8, 4) is 11.2 Å². The molecule has 0 spiro atoms. The molecule has 3 aliphatic carbocycles. The van der Waals surface area contributed by atoms with Crippen LogP contribution in [0.1, 0.15) is 91.9 Å². The summed E-state index contributed by atoms with van der Waals surface area (Å²) in [7, 11) is 1.65. The lowest BCUT2D eigenvalue weighted by Gasteiger charge is -2.60. The van der Waals surface area contributed by atoms with Gasteiger partial charge in [-0.05, 0) is 95.3 Å². The predicted molar refractivity (Wildman–Crippen MR) is 127 cm³/mol. The smallest absolute Gasteiger partial charge is 0.0683 e. The molecule has 2 fully saturated rings. The summed E-state index contributed by atoms with van der Waals surface area (Å²) in [5.41, 5.74) is 2.23. The predicted octanol–water partition coefficient (Wildman–Crippen LogP) is 7.94. The lowest BCUT2D eigenvalue weighted by atomic mass is 9.45. The second-order valence-corrected chi connectivity index (χ2v) is 11.3. The number of hydrogen-bond donors (Lipinski definition) is 0. The van der Waals surface area contributed by atoms with Gasteiger partial charge in [0, 0.05) is 27.8 Å². The summed E-state index contributed by atoms with van der Waals surface area (Å²) < 4.78 is 6.55. The first-order chi connectivity index (χ1) is 12.9. The Bertz CT molecular complexity index is 620. The van der Waals surface area contributed by atoms with Crippen molar-refractivity contribution in [2.45, 2.75) is 97.5 Å². The number of hydrogen-bond acceptors (Lipinski definition) is 2. The summed E-state index contributed by atoms with van der Waals surface area (Å²) >= 11 is 2.32. The molecule has 0 amide bonds. The molecule has 0 aliphatic heterocycles. The largest absolute Gasteiger partial charge is 0.375 e. The van der Waals surface area contributed by atoms with Crippen molar-refractivity contribution in [2.24, 2.45) is 22.7 Å². The molecule has 0 heterocycles. The molecular weight excluding hydrogens is 463 g/mol. The van der Waals surface area contributed by atoms with Crippen LogP contribution in [0.25, 0.3) is 0 Å². The maximum Gasteiger partial charge on any atom is 0.0683 e. The summed E-state index contributed by atoms with van der Waals surface area (Å²) in [6, 6.07) is 0. The molecule has 0 saturated heterocycles. The lowest BCUT2D eigenvalue weighted by molar-refractivity contribution is -0.146. The van der Waals surface area contributed by atoms with Gasteiger partial charge in [0.15, 0.2) is 0 Å². The minimum atomic E-state index is 0.0525. The van der Waals surface area contributed by atoms with Crippen molar-refractivity contribution in [3.05, 3.63) is 11.6 Å². The molecular formula is C24H37IOS. The summed E-state index contributed by atoms with van der Waals surface area (Å²) in [5, 5.41) is 3.38. The summed E-state index contributed by atoms with van der Waals surface area (Å²) in [5.74, 6) is 5.08. The van der Waals surface area contributed by atoms with Crippen LogP contribution in [0.15, 0.2) is 11.6 Å². The van der Waals surface area contributed by atoms with Crippen molar-refractivity contribution in [1.82, 2.24) is 0 Å². The highest BCUT2D eigenvalue weighted by molar-refractivity contribution is 14.2. The van der Waals surface area contributed by atoms with Crippen molar-refractivity contribution in [2.75, 3.05) is 6.61 Å². The van der Waals surface area contributed by atoms with Gasteiger partial charge in [-0.2, -0.15) is 0 Å². The minimum absolute atomic E-state index is 0.0525. The minimum Gasteiger partial charge on any atom is -0.375 e. The third-order valence-corrected chi connectivity index (χ3v) is 9.04. The van der Waals surface area contributed by atoms with E-state index in [0.29, 0.717) is 11.3 Å². The van der Waals surface area contributed by atoms with Gasteiger partial charge in [0.25, 0.3) is 0 Å². The van der Waals surface area contributed by atoms with E-state index >= 15 is 0 Å². The zero-order valence-corrected chi connectivity index (χ0v) is 20.7. The highest BCUT2D eigenvalue weighted by Gasteiger charge is 2.58. The molecule has 0 radical (unpaired) electrons. The highest BCUT2D eigenvalue weighted by atomic mass is 127. The van der Waals surface area contributed by atoms with E-state index in [1.807, 2.05) is 0 Å². The van der Waals surface area contributed by atoms with Crippen LogP contribution < -0.4 is 0 Å². The summed E-state index contributed by atoms with van der Waals surface area (Å²) in [6.07, 6.45) is 15.2. The van der Waals surface area contributed by atoms with Gasteiger partial charge < -0.3 is 4.74 Å². The Morgan fingerprint density at radius 3 is 2.78 bits per heavy atom. The molecule has 0 aromatic heterocycles. The molecule has 0 N–H and O–H groups in total. The van der Waals surface area contributed by atoms with Gasteiger partial charge in [-0.15, -0.1) is 0 Å². The summed E-state index contributed by atoms with van der Waals surface area (Å²) in [4.78, 5) is 0. The zero-order chi connectivity index (χ0) is 19.5. The number of fused-ring (bicyclic) bond motifs is 3. The van der Waals surface area contributed by atoms with Crippen molar-refractivity contribution in [1.29, 1.82) is 0 Å². The maximum absolute atomic E-state index is 6.55. The van der Waals surface area contributed by atoms with Crippen molar-refractivity contribution >= 4 is 30.1 Å². The zero-order valence-electron chi connectivity index (χ0n) is 17.7. The Morgan fingerprint density at radius 2 is 2.04 bits per heavy atom. The van der Waals surface area contributed by atoms with E-state index in [9.17, 15) is 0 Å². The van der Waals surface area contributed by atoms with Crippen LogP contribution in [-0.2, 0) is 4.74 Å². The molecule has 1 nitrogen and oxygen atoms in total. The molecule has 27 heavy (non-hydrogen) atoms. The van der Waals surface area contributed by atoms with Gasteiger partial charge >= 0.3 is 0 Å². The van der Waals surface area contributed by atoms with Crippen LogP contribution in [0.2, 0.25) is 0 Å². The molecule has 0 bridgehead atoms. The van der Waals surface area contributed by atoms with Gasteiger partial charge in [-0.1, -0.05) is 45.6 Å². The van der Waals surface area contributed by atoms with E-state index in [1.54, 1.807) is 14.5 Å². The van der Waals surface area contributed by atoms with E-state index in [4.69, 9.17) is 4.74 Å². The molecule has 152 valence electrons. The third-order valence-electron chi connectivity index (χ3n) is 8.20. The Morgan fingerprint density at radius 1 is 1.22 bits per heavy atom. The fourth-order valence-electron chi connectivity index (χ4n) is 6.39. The van der Waals surface area contributed by atoms with Gasteiger partial charge in [-0.3, -0.25) is 0 Å². The van der Waals surface area contributed by atoms with Crippen LogP contribution in [-0.4, -0.2) is 12.2 Å². The van der Waals surface area contributed by atoms with Crippen LogP contribution in [0.3, 0.4) is 0 Å². The number of ether oxygens (including phenoxy) is 1. The first-order valence-electron chi connectivity index (χ1n) is 11.1. The lowest BCUT2D eigenvalue weighted by Crippen LogP contribution is -2.56. The monoisotopic (exact) mass is 500 g/mol. The maximum atomic E-state index is 6.55. The summed E-state index contributed by atoms with van der Waals surface area (Å²) in [6.45, 7) is 10.6. The topological polar surface area (TPSA) is 9.23 Å². The molecule has 3 heteroatoms. The second kappa shape index (κ2) is 9.00. The molecule has 5 unspecified atom stereocenters. The third kappa shape index (κ3) is 4.15. The van der Waals surface area contributed by atoms with Gasteiger partial charge in [0.1, 0.15) is 0 Å². The van der Waals surface area contributed by atoms with Crippen LogP contribution in [0.4, 0.5) is 0 Å². The molecule has 0 aromatic rings. The average molecular weight is 501 g/mol. The Hall–Kier alpha value is 0.340. The Labute approximate surface area is 183 Å². The molecule has 3 aliphatic rings. The number of unbranched alkanes of at least 4 members (excludes halogenated alkanes) is 2. The van der Waals surface area contributed by atoms with E-state index in [2.05, 4.69) is 66.1 Å². The standard InChI is InChI=1S/C24H37IOS/c1-5-6-9-17-26-23(4)15-14-22(3)20(19(23)2)11-13-24(16-18-27-25)12-8-7-10-21(22)24/h10,19-20H,5-9,11-15,17H2,1-4H3. The number of halogens is 1. The van der Waals surface area contributed by atoms with Crippen molar-refractivity contribution in [3.63, 3.8) is 0 Å². The average Bonchev–Trinajstić information content (AvgIpc) is 2.67. The highest BCUT2D eigenvalue weighted by Crippen LogP contribution is 2.64. The quantitative estimate of drug-likeness (QED) is 0.164. The molecule has 0 aromatic carbocycles. The van der Waals surface area contributed by atoms with E-state index < -0.39 is 0 Å². The first-order valence-corrected chi connectivity index (χ1v) is 14.4. The second-order valence-electron chi connectivity index (χ2n) is 9.62. The number of allylic oxidation sites excluding steroid dienone is 2. The number of rotatable bonds is 5. The van der Waals surface area contributed by atoms with Crippen LogP contribution >= 0.6 is 30.1 Å². The fourth-order valence-corrected chi connectivity index (χ4v) is 6.96. The fraction of sp³-hybridized carbons (Fsp3) is 0.833. The van der Waals surface area contributed by atoms with Crippen LogP contribution in [0, 0.1) is 33.8 Å². The van der Waals surface area contributed by atoms with Gasteiger partial charge in [0.2, 0.25) is 0 Å². The van der Waals surface area contributed by atoms with E-state index in [-0.39, 0.29) is 11.0 Å². The Balaban J connectivity index is 1.83. The van der Waals surface area contributed by atoms with Gasteiger partial charge in [-0.25, -0.2) is 0 Å². The van der Waals surface area contributed by atoms with Crippen molar-refractivity contribution < 1.29 is 4.74 Å². The first kappa shape index (κ1) is 22.0. The Kier molecular flexibility index (Phi) is 7.35. The SMILES string of the molecule is CCCCCOC1(C)CCC2(C)C3=CCCCC3(C#CSI)CCC2C1C. The van der Waals surface area contributed by atoms with E-state index in [1.165, 1.54) is 64.2 Å². The van der Waals surface area contributed by atoms with Crippen LogP contribution in [0.5, 0.6) is 0 Å². The molecule has 3 rings (SSSR count). The molecule has 5 atom stereocenters. The van der Waals surface area contributed by atoms with Gasteiger partial charge in [0.05, 0.1) is 11.0 Å². The normalized spacial score (nSPS) is 41.0. The molecule has 2 saturated carbocycles.